The van der Waals surface area contributed by atoms with Crippen LogP contribution >= 0.6 is 0 Å². The van der Waals surface area contributed by atoms with E-state index in [1.54, 1.807) is 7.11 Å². The van der Waals surface area contributed by atoms with Crippen molar-refractivity contribution in [3.63, 3.8) is 0 Å². The van der Waals surface area contributed by atoms with E-state index in [0.717, 1.165) is 40.2 Å². The zero-order valence-corrected chi connectivity index (χ0v) is 16.3. The first-order valence-corrected chi connectivity index (χ1v) is 9.58. The van der Waals surface area contributed by atoms with Crippen LogP contribution in [0.15, 0.2) is 42.5 Å². The van der Waals surface area contributed by atoms with Crippen LogP contribution in [-0.2, 0) is 22.4 Å². The van der Waals surface area contributed by atoms with Crippen LogP contribution in [-0.4, -0.2) is 53.7 Å². The fourth-order valence-electron chi connectivity index (χ4n) is 3.71. The predicted molar refractivity (Wildman–Crippen MR) is 108 cm³/mol. The Hall–Kier alpha value is -2.86. The van der Waals surface area contributed by atoms with E-state index in [2.05, 4.69) is 16.0 Å². The average molecular weight is 379 g/mol. The molecule has 1 amide bonds. The maximum atomic E-state index is 12.8. The lowest BCUT2D eigenvalue weighted by atomic mass is 10.1. The van der Waals surface area contributed by atoms with E-state index in [1.807, 2.05) is 48.2 Å². The summed E-state index contributed by atoms with van der Waals surface area (Å²) in [7, 11) is 1.67. The number of benzene rings is 2. The summed E-state index contributed by atoms with van der Waals surface area (Å²) in [5.74, 6) is 1.85. The van der Waals surface area contributed by atoms with Crippen LogP contribution in [0.2, 0.25) is 0 Å². The Balaban J connectivity index is 1.39. The van der Waals surface area contributed by atoms with Crippen molar-refractivity contribution in [2.75, 3.05) is 26.8 Å². The number of carbonyl (C=O) groups is 1. The van der Waals surface area contributed by atoms with Gasteiger partial charge in [0, 0.05) is 19.5 Å². The summed E-state index contributed by atoms with van der Waals surface area (Å²) in [6.07, 6.45) is 1.16. The van der Waals surface area contributed by atoms with Gasteiger partial charge in [0.05, 0.1) is 37.3 Å². The van der Waals surface area contributed by atoms with Gasteiger partial charge in [0.15, 0.2) is 0 Å². The third-order valence-electron chi connectivity index (χ3n) is 5.11. The number of fused-ring (bicyclic) bond motifs is 1. The molecule has 1 aliphatic heterocycles. The van der Waals surface area contributed by atoms with E-state index in [0.29, 0.717) is 26.1 Å². The number of carbonyl (C=O) groups excluding carboxylic acids is 1. The van der Waals surface area contributed by atoms with Crippen LogP contribution in [0.25, 0.3) is 11.0 Å². The molecular formula is C22H25N3O3. The van der Waals surface area contributed by atoms with Crippen LogP contribution in [0.5, 0.6) is 5.75 Å². The molecule has 4 rings (SSSR count). The summed E-state index contributed by atoms with van der Waals surface area (Å²) in [6.45, 7) is 3.75. The lowest BCUT2D eigenvalue weighted by molar-refractivity contribution is -0.138. The molecule has 0 radical (unpaired) electrons. The van der Waals surface area contributed by atoms with Gasteiger partial charge < -0.3 is 19.4 Å². The fourth-order valence-corrected chi connectivity index (χ4v) is 3.71. The Morgan fingerprint density at radius 3 is 3.04 bits per heavy atom. The number of morpholine rings is 1. The molecular weight excluding hydrogens is 354 g/mol. The number of aromatic amines is 1. The molecule has 1 fully saturated rings. The molecule has 0 aliphatic carbocycles. The second-order valence-corrected chi connectivity index (χ2v) is 7.24. The number of nitrogens with one attached hydrogen (secondary N) is 1. The first-order valence-electron chi connectivity index (χ1n) is 9.58. The molecule has 3 aromatic rings. The molecule has 146 valence electrons. The molecule has 0 unspecified atom stereocenters. The Kier molecular flexibility index (Phi) is 5.30. The average Bonchev–Trinajstić information content (AvgIpc) is 3.07. The molecule has 6 nitrogen and oxygen atoms in total. The van der Waals surface area contributed by atoms with Gasteiger partial charge in [-0.1, -0.05) is 18.2 Å². The van der Waals surface area contributed by atoms with Crippen molar-refractivity contribution in [1.82, 2.24) is 14.9 Å². The van der Waals surface area contributed by atoms with E-state index in [9.17, 15) is 4.79 Å². The number of amides is 1. The number of nitrogens with zero attached hydrogens (tertiary/aromatic N) is 2. The van der Waals surface area contributed by atoms with Crippen LogP contribution < -0.4 is 4.74 Å². The molecule has 2 aromatic carbocycles. The minimum Gasteiger partial charge on any atom is -0.497 e. The van der Waals surface area contributed by atoms with Gasteiger partial charge in [0.2, 0.25) is 5.91 Å². The molecule has 1 aromatic heterocycles. The van der Waals surface area contributed by atoms with Crippen molar-refractivity contribution in [1.29, 1.82) is 0 Å². The Labute approximate surface area is 164 Å². The molecule has 1 N–H and O–H groups in total. The van der Waals surface area contributed by atoms with Gasteiger partial charge in [-0.25, -0.2) is 4.98 Å². The number of hydrogen-bond donors (Lipinski definition) is 1. The van der Waals surface area contributed by atoms with Gasteiger partial charge in [-0.15, -0.1) is 0 Å². The highest BCUT2D eigenvalue weighted by molar-refractivity contribution is 5.82. The van der Waals surface area contributed by atoms with E-state index >= 15 is 0 Å². The van der Waals surface area contributed by atoms with Gasteiger partial charge in [0.1, 0.15) is 11.6 Å². The zero-order chi connectivity index (χ0) is 19.5. The second-order valence-electron chi connectivity index (χ2n) is 7.24. The largest absolute Gasteiger partial charge is 0.497 e. The molecule has 0 spiro atoms. The summed E-state index contributed by atoms with van der Waals surface area (Å²) in [5, 5.41) is 0. The zero-order valence-electron chi connectivity index (χ0n) is 16.3. The Morgan fingerprint density at radius 1 is 1.29 bits per heavy atom. The van der Waals surface area contributed by atoms with Gasteiger partial charge in [-0.05, 0) is 42.3 Å². The van der Waals surface area contributed by atoms with E-state index < -0.39 is 0 Å². The Bertz CT molecular complexity index is 982. The van der Waals surface area contributed by atoms with Crippen LogP contribution in [0.3, 0.4) is 0 Å². The van der Waals surface area contributed by atoms with Gasteiger partial charge >= 0.3 is 0 Å². The van der Waals surface area contributed by atoms with Crippen molar-refractivity contribution < 1.29 is 14.3 Å². The smallest absolute Gasteiger partial charge is 0.227 e. The highest BCUT2D eigenvalue weighted by Gasteiger charge is 2.24. The number of aromatic nitrogens is 2. The van der Waals surface area contributed by atoms with Gasteiger partial charge in [-0.2, -0.15) is 0 Å². The molecule has 1 atom stereocenters. The number of methoxy groups -OCH3 is 1. The van der Waals surface area contributed by atoms with Crippen molar-refractivity contribution >= 4 is 16.9 Å². The monoisotopic (exact) mass is 379 g/mol. The Morgan fingerprint density at radius 2 is 2.18 bits per heavy atom. The first-order chi connectivity index (χ1) is 13.6. The highest BCUT2D eigenvalue weighted by atomic mass is 16.5. The standard InChI is InChI=1S/C22H25N3O3/c1-15-23-20-7-6-17(12-21(20)24-15)13-22(26)25-8-9-28-19(14-25)11-16-4-3-5-18(10-16)27-2/h3-7,10,12,19H,8-9,11,13-14H2,1-2H3,(H,23,24)/t19-/m1/s1. The number of H-pyrrole nitrogens is 1. The van der Waals surface area contributed by atoms with Gasteiger partial charge in [-0.3, -0.25) is 4.79 Å². The third kappa shape index (κ3) is 4.17. The highest BCUT2D eigenvalue weighted by Crippen LogP contribution is 2.18. The van der Waals surface area contributed by atoms with Crippen LogP contribution in [0.1, 0.15) is 17.0 Å². The summed E-state index contributed by atoms with van der Waals surface area (Å²) >= 11 is 0. The number of imidazole rings is 1. The maximum Gasteiger partial charge on any atom is 0.227 e. The summed E-state index contributed by atoms with van der Waals surface area (Å²) in [4.78, 5) is 22.4. The topological polar surface area (TPSA) is 67.5 Å². The first kappa shape index (κ1) is 18.5. The van der Waals surface area contributed by atoms with Crippen molar-refractivity contribution in [2.24, 2.45) is 0 Å². The summed E-state index contributed by atoms with van der Waals surface area (Å²) in [6, 6.07) is 14.0. The van der Waals surface area contributed by atoms with E-state index in [-0.39, 0.29) is 12.0 Å². The minimum absolute atomic E-state index is 0.00235. The molecule has 28 heavy (non-hydrogen) atoms. The number of aryl methyl sites for hydroxylation is 1. The third-order valence-corrected chi connectivity index (χ3v) is 5.11. The number of hydrogen-bond acceptors (Lipinski definition) is 4. The van der Waals surface area contributed by atoms with E-state index in [4.69, 9.17) is 9.47 Å². The maximum absolute atomic E-state index is 12.8. The number of ether oxygens (including phenoxy) is 2. The molecule has 2 heterocycles. The SMILES string of the molecule is COc1cccc(C[C@@H]2CN(C(=O)Cc3ccc4nc(C)[nH]c4c3)CCO2)c1. The molecule has 0 bridgehead atoms. The summed E-state index contributed by atoms with van der Waals surface area (Å²) in [5.41, 5.74) is 4.05. The predicted octanol–water partition coefficient (Wildman–Crippen LogP) is 2.89. The van der Waals surface area contributed by atoms with Crippen LogP contribution in [0, 0.1) is 6.92 Å². The van der Waals surface area contributed by atoms with Crippen molar-refractivity contribution in [3.05, 3.63) is 59.4 Å². The van der Waals surface area contributed by atoms with E-state index in [1.165, 1.54) is 0 Å². The van der Waals surface area contributed by atoms with Crippen molar-refractivity contribution in [3.8, 4) is 5.75 Å². The lowest BCUT2D eigenvalue weighted by Crippen LogP contribution is -2.46. The molecule has 1 saturated heterocycles. The van der Waals surface area contributed by atoms with Gasteiger partial charge in [0.25, 0.3) is 0 Å². The number of rotatable bonds is 5. The van der Waals surface area contributed by atoms with Crippen LogP contribution in [0.4, 0.5) is 0 Å². The normalized spacial score (nSPS) is 17.1. The lowest BCUT2D eigenvalue weighted by Gasteiger charge is -2.33. The second kappa shape index (κ2) is 8.02. The van der Waals surface area contributed by atoms with Crippen molar-refractivity contribution in [2.45, 2.75) is 25.9 Å². The fraction of sp³-hybridized carbons (Fsp3) is 0.364. The molecule has 6 heteroatoms. The molecule has 0 saturated carbocycles. The summed E-state index contributed by atoms with van der Waals surface area (Å²) < 4.78 is 11.2. The molecule has 1 aliphatic rings. The minimum atomic E-state index is 0.00235. The quantitative estimate of drug-likeness (QED) is 0.740.